The van der Waals surface area contributed by atoms with E-state index in [-0.39, 0.29) is 23.8 Å². The summed E-state index contributed by atoms with van der Waals surface area (Å²) in [4.78, 5) is 13.4. The van der Waals surface area contributed by atoms with Gasteiger partial charge in [-0.05, 0) is 31.9 Å². The Kier molecular flexibility index (Phi) is 4.81. The maximum Gasteiger partial charge on any atom is 0.409 e. The number of hydrogen-bond donors (Lipinski definition) is 1. The normalized spacial score (nSPS) is 17.8. The molecule has 1 aromatic rings. The molecule has 2 aliphatic rings. The van der Waals surface area contributed by atoms with Crippen molar-refractivity contribution < 1.29 is 27.4 Å². The maximum absolute atomic E-state index is 12.5. The molecular weight excluding hydrogens is 336 g/mol. The van der Waals surface area contributed by atoms with E-state index in [1.807, 2.05) is 0 Å². The molecule has 1 fully saturated rings. The summed E-state index contributed by atoms with van der Waals surface area (Å²) in [6.45, 7) is 3.11. The van der Waals surface area contributed by atoms with Crippen molar-refractivity contribution in [1.29, 1.82) is 0 Å². The average molecular weight is 356 g/mol. The van der Waals surface area contributed by atoms with Crippen molar-refractivity contribution in [2.45, 2.75) is 30.7 Å². The van der Waals surface area contributed by atoms with Crippen LogP contribution in [0, 0.1) is 0 Å². The van der Waals surface area contributed by atoms with Crippen LogP contribution in [0.1, 0.15) is 19.8 Å². The summed E-state index contributed by atoms with van der Waals surface area (Å²) in [5.41, 5.74) is 0. The highest BCUT2D eigenvalue weighted by atomic mass is 32.2. The molecule has 9 heteroatoms. The number of hydrogen-bond acceptors (Lipinski definition) is 6. The highest BCUT2D eigenvalue weighted by Crippen LogP contribution is 2.33. The van der Waals surface area contributed by atoms with E-state index in [4.69, 9.17) is 14.2 Å². The van der Waals surface area contributed by atoms with Crippen LogP contribution < -0.4 is 14.2 Å². The lowest BCUT2D eigenvalue weighted by Gasteiger charge is -2.31. The summed E-state index contributed by atoms with van der Waals surface area (Å²) in [6.07, 6.45) is 0.736. The van der Waals surface area contributed by atoms with Gasteiger partial charge < -0.3 is 19.1 Å². The largest absolute Gasteiger partial charge is 0.454 e. The lowest BCUT2D eigenvalue weighted by molar-refractivity contribution is 0.0966. The van der Waals surface area contributed by atoms with Crippen LogP contribution in [0.25, 0.3) is 0 Å². The summed E-state index contributed by atoms with van der Waals surface area (Å²) >= 11 is 0. The van der Waals surface area contributed by atoms with Crippen LogP contribution in [0.15, 0.2) is 23.1 Å². The van der Waals surface area contributed by atoms with Crippen molar-refractivity contribution in [1.82, 2.24) is 9.62 Å². The van der Waals surface area contributed by atoms with Gasteiger partial charge in [-0.1, -0.05) is 0 Å². The molecule has 0 unspecified atom stereocenters. The van der Waals surface area contributed by atoms with Crippen LogP contribution in [-0.2, 0) is 14.8 Å². The third-order valence-corrected chi connectivity index (χ3v) is 5.52. The van der Waals surface area contributed by atoms with Gasteiger partial charge >= 0.3 is 6.09 Å². The molecule has 24 heavy (non-hydrogen) atoms. The molecule has 0 saturated carbocycles. The van der Waals surface area contributed by atoms with Crippen molar-refractivity contribution in [2.24, 2.45) is 0 Å². The summed E-state index contributed by atoms with van der Waals surface area (Å²) in [5.74, 6) is 0.965. The summed E-state index contributed by atoms with van der Waals surface area (Å²) in [7, 11) is -3.65. The predicted octanol–water partition coefficient (Wildman–Crippen LogP) is 1.31. The van der Waals surface area contributed by atoms with Gasteiger partial charge in [0.15, 0.2) is 11.5 Å². The van der Waals surface area contributed by atoms with E-state index >= 15 is 0 Å². The molecule has 1 saturated heterocycles. The standard InChI is InChI=1S/C15H20N2O6S/c1-2-21-15(18)17-7-5-11(6-8-17)16-24(19,20)12-3-4-13-14(9-12)23-10-22-13/h3-4,9,11,16H,2,5-8,10H2,1H3. The number of likely N-dealkylation sites (tertiary alicyclic amines) is 1. The molecule has 2 aliphatic heterocycles. The fraction of sp³-hybridized carbons (Fsp3) is 0.533. The Hall–Kier alpha value is -2.00. The molecule has 1 amide bonds. The van der Waals surface area contributed by atoms with E-state index in [9.17, 15) is 13.2 Å². The second-order valence-electron chi connectivity index (χ2n) is 5.60. The highest BCUT2D eigenvalue weighted by molar-refractivity contribution is 7.89. The summed E-state index contributed by atoms with van der Waals surface area (Å²) < 4.78 is 43.1. The van der Waals surface area contributed by atoms with Gasteiger partial charge in [-0.25, -0.2) is 17.9 Å². The number of nitrogens with zero attached hydrogens (tertiary/aromatic N) is 1. The first-order valence-electron chi connectivity index (χ1n) is 7.83. The topological polar surface area (TPSA) is 94.2 Å². The number of piperidine rings is 1. The predicted molar refractivity (Wildman–Crippen MR) is 84.5 cm³/mol. The van der Waals surface area contributed by atoms with E-state index in [1.54, 1.807) is 17.9 Å². The second-order valence-corrected chi connectivity index (χ2v) is 7.31. The lowest BCUT2D eigenvalue weighted by atomic mass is 10.1. The Bertz CT molecular complexity index is 713. The maximum atomic E-state index is 12.5. The molecule has 3 rings (SSSR count). The lowest BCUT2D eigenvalue weighted by Crippen LogP contribution is -2.46. The summed E-state index contributed by atoms with van der Waals surface area (Å²) in [5, 5.41) is 0. The van der Waals surface area contributed by atoms with E-state index < -0.39 is 10.0 Å². The zero-order valence-electron chi connectivity index (χ0n) is 13.4. The Labute approximate surface area is 140 Å². The first-order valence-corrected chi connectivity index (χ1v) is 9.31. The van der Waals surface area contributed by atoms with Crippen molar-refractivity contribution in [3.8, 4) is 11.5 Å². The second kappa shape index (κ2) is 6.86. The van der Waals surface area contributed by atoms with Crippen LogP contribution in [0.3, 0.4) is 0 Å². The van der Waals surface area contributed by atoms with Crippen molar-refractivity contribution in [3.05, 3.63) is 18.2 Å². The third kappa shape index (κ3) is 3.57. The molecule has 0 atom stereocenters. The number of rotatable bonds is 4. The van der Waals surface area contributed by atoms with Crippen molar-refractivity contribution in [2.75, 3.05) is 26.5 Å². The van der Waals surface area contributed by atoms with E-state index in [2.05, 4.69) is 4.72 Å². The highest BCUT2D eigenvalue weighted by Gasteiger charge is 2.28. The van der Waals surface area contributed by atoms with E-state index in [0.717, 1.165) is 0 Å². The molecule has 1 N–H and O–H groups in total. The summed E-state index contributed by atoms with van der Waals surface area (Å²) in [6, 6.07) is 4.31. The van der Waals surface area contributed by atoms with Gasteiger partial charge in [0.1, 0.15) is 0 Å². The number of fused-ring (bicyclic) bond motifs is 1. The Balaban J connectivity index is 1.61. The molecule has 0 radical (unpaired) electrons. The minimum absolute atomic E-state index is 0.0958. The van der Waals surface area contributed by atoms with E-state index in [1.165, 1.54) is 12.1 Å². The van der Waals surface area contributed by atoms with Gasteiger partial charge in [-0.15, -0.1) is 0 Å². The number of sulfonamides is 1. The Morgan fingerprint density at radius 1 is 1.29 bits per heavy atom. The molecule has 2 heterocycles. The van der Waals surface area contributed by atoms with Crippen LogP contribution in [0.5, 0.6) is 11.5 Å². The molecule has 8 nitrogen and oxygen atoms in total. The zero-order chi connectivity index (χ0) is 17.2. The molecular formula is C15H20N2O6S. The molecule has 0 aliphatic carbocycles. The molecule has 0 spiro atoms. The van der Waals surface area contributed by atoms with Gasteiger partial charge in [0.05, 0.1) is 11.5 Å². The number of benzene rings is 1. The zero-order valence-corrected chi connectivity index (χ0v) is 14.2. The van der Waals surface area contributed by atoms with Gasteiger partial charge in [-0.3, -0.25) is 0 Å². The Morgan fingerprint density at radius 3 is 2.71 bits per heavy atom. The van der Waals surface area contributed by atoms with Crippen LogP contribution in [-0.4, -0.2) is 51.9 Å². The Morgan fingerprint density at radius 2 is 2.00 bits per heavy atom. The first kappa shape index (κ1) is 16.8. The first-order chi connectivity index (χ1) is 11.5. The van der Waals surface area contributed by atoms with Gasteiger partial charge in [0.25, 0.3) is 0 Å². The van der Waals surface area contributed by atoms with Crippen LogP contribution in [0.2, 0.25) is 0 Å². The van der Waals surface area contributed by atoms with Crippen molar-refractivity contribution in [3.63, 3.8) is 0 Å². The minimum Gasteiger partial charge on any atom is -0.454 e. The fourth-order valence-electron chi connectivity index (χ4n) is 2.73. The van der Waals surface area contributed by atoms with E-state index in [0.29, 0.717) is 44.0 Å². The average Bonchev–Trinajstić information content (AvgIpc) is 3.03. The van der Waals surface area contributed by atoms with Crippen LogP contribution in [0.4, 0.5) is 4.79 Å². The van der Waals surface area contributed by atoms with Crippen LogP contribution >= 0.6 is 0 Å². The number of amides is 1. The third-order valence-electron chi connectivity index (χ3n) is 4.00. The SMILES string of the molecule is CCOC(=O)N1CCC(NS(=O)(=O)c2ccc3c(c2)OCO3)CC1. The molecule has 0 aromatic heterocycles. The molecule has 1 aromatic carbocycles. The number of nitrogens with one attached hydrogen (secondary N) is 1. The van der Waals surface area contributed by atoms with Crippen molar-refractivity contribution >= 4 is 16.1 Å². The quantitative estimate of drug-likeness (QED) is 0.874. The number of carbonyl (C=O) groups is 1. The monoisotopic (exact) mass is 356 g/mol. The smallest absolute Gasteiger partial charge is 0.409 e. The molecule has 132 valence electrons. The number of carbonyl (C=O) groups excluding carboxylic acids is 1. The van der Waals surface area contributed by atoms with Gasteiger partial charge in [-0.2, -0.15) is 0 Å². The number of ether oxygens (including phenoxy) is 3. The van der Waals surface area contributed by atoms with Gasteiger partial charge in [0.2, 0.25) is 16.8 Å². The molecule has 0 bridgehead atoms. The fourth-order valence-corrected chi connectivity index (χ4v) is 4.05. The minimum atomic E-state index is -3.65. The van der Waals surface area contributed by atoms with Gasteiger partial charge in [0, 0.05) is 25.2 Å².